The largest absolute Gasteiger partial charge is 0.619 e. The van der Waals surface area contributed by atoms with Crippen molar-refractivity contribution < 1.29 is 14.3 Å². The van der Waals surface area contributed by atoms with Gasteiger partial charge in [-0.3, -0.25) is 0 Å². The third-order valence-corrected chi connectivity index (χ3v) is 3.38. The van der Waals surface area contributed by atoms with Gasteiger partial charge in [0.05, 0.1) is 12.7 Å². The first kappa shape index (κ1) is 12.4. The Balaban J connectivity index is 2.28. The minimum absolute atomic E-state index is 0.368. The molecule has 0 aliphatic heterocycles. The molecule has 2 rings (SSSR count). The van der Waals surface area contributed by atoms with Gasteiger partial charge in [0.15, 0.2) is 12.4 Å². The first-order chi connectivity index (χ1) is 8.70. The third kappa shape index (κ3) is 2.81. The Labute approximate surface area is 109 Å². The van der Waals surface area contributed by atoms with Crippen molar-refractivity contribution in [2.24, 2.45) is 0 Å². The highest BCUT2D eigenvalue weighted by molar-refractivity contribution is 7.99. The van der Waals surface area contributed by atoms with E-state index in [1.165, 1.54) is 31.3 Å². The van der Waals surface area contributed by atoms with Gasteiger partial charge in [-0.1, -0.05) is 23.9 Å². The fraction of sp³-hybridized carbons (Fsp3) is 0.0769. The lowest BCUT2D eigenvalue weighted by Crippen LogP contribution is -2.23. The van der Waals surface area contributed by atoms with Gasteiger partial charge in [-0.25, -0.2) is 4.79 Å². The number of benzene rings is 1. The fourth-order valence-electron chi connectivity index (χ4n) is 1.43. The molecule has 0 aliphatic rings. The third-order valence-electron chi connectivity index (χ3n) is 2.29. The maximum Gasteiger partial charge on any atom is 0.339 e. The highest BCUT2D eigenvalue weighted by Gasteiger charge is 2.12. The Morgan fingerprint density at radius 1 is 1.22 bits per heavy atom. The van der Waals surface area contributed by atoms with Gasteiger partial charge in [0.25, 0.3) is 0 Å². The molecule has 1 heterocycles. The van der Waals surface area contributed by atoms with E-state index in [9.17, 15) is 10.0 Å². The van der Waals surface area contributed by atoms with Crippen molar-refractivity contribution >= 4 is 17.7 Å². The average Bonchev–Trinajstić information content (AvgIpc) is 2.41. The van der Waals surface area contributed by atoms with Crippen LogP contribution in [0.1, 0.15) is 10.4 Å². The summed E-state index contributed by atoms with van der Waals surface area (Å²) in [7, 11) is 1.35. The van der Waals surface area contributed by atoms with Crippen molar-refractivity contribution in [2.45, 2.75) is 9.79 Å². The summed E-state index contributed by atoms with van der Waals surface area (Å²) in [6.45, 7) is 0. The molecule has 0 aliphatic carbocycles. The normalized spacial score (nSPS) is 10.1. The van der Waals surface area contributed by atoms with Gasteiger partial charge in [-0.2, -0.15) is 4.73 Å². The monoisotopic (exact) mass is 261 g/mol. The highest BCUT2D eigenvalue weighted by Crippen LogP contribution is 2.29. The van der Waals surface area contributed by atoms with E-state index < -0.39 is 0 Å². The number of rotatable bonds is 3. The molecule has 0 unspecified atom stereocenters. The number of carbonyl (C=O) groups is 1. The molecular formula is C13H11NO3S. The van der Waals surface area contributed by atoms with Crippen LogP contribution >= 0.6 is 11.8 Å². The molecule has 5 heteroatoms. The van der Waals surface area contributed by atoms with Crippen LogP contribution in [0.5, 0.6) is 0 Å². The van der Waals surface area contributed by atoms with Crippen molar-refractivity contribution in [1.29, 1.82) is 0 Å². The van der Waals surface area contributed by atoms with Crippen LogP contribution in [0.25, 0.3) is 0 Å². The van der Waals surface area contributed by atoms with Gasteiger partial charge >= 0.3 is 5.97 Å². The molecule has 1 aromatic carbocycles. The van der Waals surface area contributed by atoms with Crippen LogP contribution in [-0.4, -0.2) is 13.1 Å². The summed E-state index contributed by atoms with van der Waals surface area (Å²) in [6.07, 6.45) is 2.84. The molecule has 0 spiro atoms. The first-order valence-corrected chi connectivity index (χ1v) is 6.06. The van der Waals surface area contributed by atoms with Crippen LogP contribution in [0.3, 0.4) is 0 Å². The summed E-state index contributed by atoms with van der Waals surface area (Å²) >= 11 is 1.41. The van der Waals surface area contributed by atoms with Gasteiger partial charge in [0.1, 0.15) is 0 Å². The summed E-state index contributed by atoms with van der Waals surface area (Å²) in [6, 6.07) is 10.6. The fourth-order valence-corrected chi connectivity index (χ4v) is 2.35. The SMILES string of the molecule is COC(=O)c1ccccc1Sc1cc[n+]([O-])cc1. The molecule has 0 fully saturated rings. The Kier molecular flexibility index (Phi) is 3.84. The molecule has 92 valence electrons. The molecule has 1 aromatic heterocycles. The molecule has 0 N–H and O–H groups in total. The van der Waals surface area contributed by atoms with Gasteiger partial charge < -0.3 is 9.94 Å². The van der Waals surface area contributed by atoms with Gasteiger partial charge in [0, 0.05) is 21.9 Å². The number of hydrogen-bond donors (Lipinski definition) is 0. The number of aromatic nitrogens is 1. The first-order valence-electron chi connectivity index (χ1n) is 5.25. The van der Waals surface area contributed by atoms with E-state index >= 15 is 0 Å². The minimum Gasteiger partial charge on any atom is -0.619 e. The Morgan fingerprint density at radius 2 is 1.89 bits per heavy atom. The van der Waals surface area contributed by atoms with E-state index in [1.807, 2.05) is 12.1 Å². The van der Waals surface area contributed by atoms with Crippen molar-refractivity contribution in [1.82, 2.24) is 0 Å². The van der Waals surface area contributed by atoms with Gasteiger partial charge in [-0.05, 0) is 12.1 Å². The van der Waals surface area contributed by atoms with E-state index in [4.69, 9.17) is 4.74 Å². The zero-order valence-corrected chi connectivity index (χ0v) is 10.5. The number of carbonyl (C=O) groups excluding carboxylic acids is 1. The predicted octanol–water partition coefficient (Wildman–Crippen LogP) is 2.26. The Bertz CT molecular complexity index is 554. The number of pyridine rings is 1. The lowest BCUT2D eigenvalue weighted by Gasteiger charge is -2.06. The Morgan fingerprint density at radius 3 is 2.56 bits per heavy atom. The lowest BCUT2D eigenvalue weighted by atomic mass is 10.2. The second-order valence-electron chi connectivity index (χ2n) is 3.48. The second kappa shape index (κ2) is 5.55. The molecule has 0 bridgehead atoms. The molecule has 0 saturated heterocycles. The van der Waals surface area contributed by atoms with E-state index in [1.54, 1.807) is 24.3 Å². The van der Waals surface area contributed by atoms with Crippen LogP contribution in [0.15, 0.2) is 58.6 Å². The van der Waals surface area contributed by atoms with Crippen LogP contribution in [0.2, 0.25) is 0 Å². The quantitative estimate of drug-likeness (QED) is 0.483. The smallest absolute Gasteiger partial charge is 0.339 e. The highest BCUT2D eigenvalue weighted by atomic mass is 32.2. The average molecular weight is 261 g/mol. The summed E-state index contributed by atoms with van der Waals surface area (Å²) < 4.78 is 5.45. The number of methoxy groups -OCH3 is 1. The predicted molar refractivity (Wildman–Crippen MR) is 67.3 cm³/mol. The number of esters is 1. The van der Waals surface area contributed by atoms with Crippen LogP contribution in [-0.2, 0) is 4.74 Å². The van der Waals surface area contributed by atoms with Crippen LogP contribution in [0, 0.1) is 5.21 Å². The van der Waals surface area contributed by atoms with E-state index in [0.29, 0.717) is 5.56 Å². The molecule has 18 heavy (non-hydrogen) atoms. The van der Waals surface area contributed by atoms with E-state index in [-0.39, 0.29) is 5.97 Å². The molecule has 2 aromatic rings. The number of nitrogens with zero attached hydrogens (tertiary/aromatic N) is 1. The van der Waals surface area contributed by atoms with Crippen molar-refractivity contribution in [2.75, 3.05) is 7.11 Å². The maximum absolute atomic E-state index is 11.6. The number of hydrogen-bond acceptors (Lipinski definition) is 4. The molecule has 4 nitrogen and oxygen atoms in total. The van der Waals surface area contributed by atoms with Gasteiger partial charge in [0.2, 0.25) is 0 Å². The summed E-state index contributed by atoms with van der Waals surface area (Å²) in [4.78, 5) is 13.3. The summed E-state index contributed by atoms with van der Waals surface area (Å²) in [5.74, 6) is -0.368. The zero-order chi connectivity index (χ0) is 13.0. The minimum atomic E-state index is -0.368. The van der Waals surface area contributed by atoms with Crippen molar-refractivity contribution in [3.05, 3.63) is 59.6 Å². The lowest BCUT2D eigenvalue weighted by molar-refractivity contribution is -0.605. The molecule has 0 radical (unpaired) electrons. The standard InChI is InChI=1S/C13H11NO3S/c1-17-13(15)11-4-2-3-5-12(11)18-10-6-8-14(16)9-7-10/h2-9H,1H3. The Hall–Kier alpha value is -2.01. The summed E-state index contributed by atoms with van der Waals surface area (Å²) in [5, 5.41) is 10.9. The molecule has 0 saturated carbocycles. The van der Waals surface area contributed by atoms with E-state index in [0.717, 1.165) is 14.5 Å². The van der Waals surface area contributed by atoms with Gasteiger partial charge in [-0.15, -0.1) is 0 Å². The molecular weight excluding hydrogens is 250 g/mol. The van der Waals surface area contributed by atoms with Crippen molar-refractivity contribution in [3.63, 3.8) is 0 Å². The topological polar surface area (TPSA) is 53.2 Å². The maximum atomic E-state index is 11.6. The van der Waals surface area contributed by atoms with E-state index in [2.05, 4.69) is 0 Å². The van der Waals surface area contributed by atoms with Crippen molar-refractivity contribution in [3.8, 4) is 0 Å². The second-order valence-corrected chi connectivity index (χ2v) is 4.60. The number of ether oxygens (including phenoxy) is 1. The van der Waals surface area contributed by atoms with Crippen LogP contribution in [0.4, 0.5) is 0 Å². The summed E-state index contributed by atoms with van der Waals surface area (Å²) in [5.41, 5.74) is 0.517. The van der Waals surface area contributed by atoms with Crippen LogP contribution < -0.4 is 4.73 Å². The molecule has 0 amide bonds. The zero-order valence-electron chi connectivity index (χ0n) is 9.70. The molecule has 0 atom stereocenters.